The van der Waals surface area contributed by atoms with Gasteiger partial charge in [0.25, 0.3) is 0 Å². The Morgan fingerprint density at radius 3 is 2.56 bits per heavy atom. The first-order chi connectivity index (χ1) is 7.48. The third kappa shape index (κ3) is 3.94. The Kier molecular flexibility index (Phi) is 5.62. The lowest BCUT2D eigenvalue weighted by Crippen LogP contribution is -2.57. The highest BCUT2D eigenvalue weighted by atomic mass is 32.2. The van der Waals surface area contributed by atoms with E-state index in [9.17, 15) is 5.11 Å². The van der Waals surface area contributed by atoms with Crippen molar-refractivity contribution < 1.29 is 5.11 Å². The van der Waals surface area contributed by atoms with E-state index >= 15 is 0 Å². The molecule has 1 rings (SSSR count). The maximum absolute atomic E-state index is 10.4. The van der Waals surface area contributed by atoms with E-state index in [1.165, 1.54) is 12.8 Å². The molecule has 3 unspecified atom stereocenters. The van der Waals surface area contributed by atoms with Gasteiger partial charge in [-0.3, -0.25) is 0 Å². The van der Waals surface area contributed by atoms with Crippen molar-refractivity contribution in [1.82, 2.24) is 5.32 Å². The van der Waals surface area contributed by atoms with Gasteiger partial charge in [0.15, 0.2) is 0 Å². The summed E-state index contributed by atoms with van der Waals surface area (Å²) in [6, 6.07) is 0.511. The number of thioether (sulfide) groups is 1. The van der Waals surface area contributed by atoms with Gasteiger partial charge in [-0.15, -0.1) is 0 Å². The summed E-state index contributed by atoms with van der Waals surface area (Å²) in [6.45, 7) is 9.62. The van der Waals surface area contributed by atoms with Crippen molar-refractivity contribution >= 4 is 11.8 Å². The van der Waals surface area contributed by atoms with Gasteiger partial charge >= 0.3 is 0 Å². The average Bonchev–Trinajstić information content (AvgIpc) is 2.20. The van der Waals surface area contributed by atoms with E-state index in [0.717, 1.165) is 24.6 Å². The minimum absolute atomic E-state index is 0.439. The second kappa shape index (κ2) is 6.27. The topological polar surface area (TPSA) is 32.3 Å². The average molecular weight is 245 g/mol. The molecule has 2 nitrogen and oxygen atoms in total. The quantitative estimate of drug-likeness (QED) is 0.723. The van der Waals surface area contributed by atoms with Crippen LogP contribution in [0.5, 0.6) is 0 Å². The Morgan fingerprint density at radius 2 is 2.12 bits per heavy atom. The second-order valence-electron chi connectivity index (χ2n) is 5.50. The maximum Gasteiger partial charge on any atom is 0.0889 e. The highest BCUT2D eigenvalue weighted by molar-refractivity contribution is 8.00. The van der Waals surface area contributed by atoms with E-state index in [2.05, 4.69) is 33.0 Å². The first-order valence-corrected chi connectivity index (χ1v) is 7.60. The van der Waals surface area contributed by atoms with Gasteiger partial charge in [0.1, 0.15) is 0 Å². The molecule has 0 spiro atoms. The molecule has 2 N–H and O–H groups in total. The molecule has 0 aromatic carbocycles. The molecule has 1 saturated carbocycles. The SMILES string of the molecule is CCSC1CCC1(O)CNC(C)CC(C)C. The Bertz CT molecular complexity index is 210. The van der Waals surface area contributed by atoms with E-state index in [0.29, 0.717) is 11.3 Å². The van der Waals surface area contributed by atoms with Gasteiger partial charge in [0.2, 0.25) is 0 Å². The normalized spacial score (nSPS) is 31.5. The molecule has 3 atom stereocenters. The van der Waals surface area contributed by atoms with Gasteiger partial charge in [-0.2, -0.15) is 11.8 Å². The van der Waals surface area contributed by atoms with Crippen molar-refractivity contribution in [2.45, 2.75) is 63.9 Å². The molecule has 96 valence electrons. The zero-order valence-corrected chi connectivity index (χ0v) is 11.9. The van der Waals surface area contributed by atoms with Crippen LogP contribution >= 0.6 is 11.8 Å². The van der Waals surface area contributed by atoms with E-state index in [4.69, 9.17) is 0 Å². The summed E-state index contributed by atoms with van der Waals surface area (Å²) < 4.78 is 0. The molecule has 0 saturated heterocycles. The minimum Gasteiger partial charge on any atom is -0.387 e. The summed E-state index contributed by atoms with van der Waals surface area (Å²) in [5.74, 6) is 1.83. The molecule has 0 amide bonds. The monoisotopic (exact) mass is 245 g/mol. The first-order valence-electron chi connectivity index (χ1n) is 6.55. The van der Waals surface area contributed by atoms with Gasteiger partial charge in [-0.05, 0) is 37.9 Å². The van der Waals surface area contributed by atoms with Crippen LogP contribution in [0.3, 0.4) is 0 Å². The lowest BCUT2D eigenvalue weighted by atomic mass is 9.79. The Balaban J connectivity index is 2.26. The van der Waals surface area contributed by atoms with Crippen LogP contribution in [0.2, 0.25) is 0 Å². The predicted molar refractivity (Wildman–Crippen MR) is 73.0 cm³/mol. The number of aliphatic hydroxyl groups is 1. The Morgan fingerprint density at radius 1 is 1.44 bits per heavy atom. The van der Waals surface area contributed by atoms with E-state index < -0.39 is 5.60 Å². The van der Waals surface area contributed by atoms with Gasteiger partial charge in [0.05, 0.1) is 5.60 Å². The van der Waals surface area contributed by atoms with Crippen molar-refractivity contribution in [3.8, 4) is 0 Å². The van der Waals surface area contributed by atoms with Crippen LogP contribution in [0.1, 0.15) is 47.0 Å². The van der Waals surface area contributed by atoms with E-state index in [1.807, 2.05) is 11.8 Å². The third-order valence-electron chi connectivity index (χ3n) is 3.39. The summed E-state index contributed by atoms with van der Waals surface area (Å²) in [7, 11) is 0. The highest BCUT2D eigenvalue weighted by Gasteiger charge is 2.44. The van der Waals surface area contributed by atoms with Crippen LogP contribution in [-0.4, -0.2) is 34.3 Å². The van der Waals surface area contributed by atoms with Crippen LogP contribution in [0.15, 0.2) is 0 Å². The molecule has 3 heteroatoms. The zero-order chi connectivity index (χ0) is 12.2. The molecule has 0 heterocycles. The lowest BCUT2D eigenvalue weighted by molar-refractivity contribution is -0.0253. The van der Waals surface area contributed by atoms with Crippen molar-refractivity contribution in [1.29, 1.82) is 0 Å². The maximum atomic E-state index is 10.4. The summed E-state index contributed by atoms with van der Waals surface area (Å²) in [5, 5.41) is 14.3. The van der Waals surface area contributed by atoms with Crippen molar-refractivity contribution in [2.24, 2.45) is 5.92 Å². The summed E-state index contributed by atoms with van der Waals surface area (Å²) in [6.07, 6.45) is 3.32. The molecule has 1 aliphatic rings. The number of rotatable bonds is 7. The number of hydrogen-bond donors (Lipinski definition) is 2. The van der Waals surface area contributed by atoms with Crippen LogP contribution < -0.4 is 5.32 Å². The standard InChI is InChI=1S/C13H27NOS/c1-5-16-12-6-7-13(12,15)9-14-11(4)8-10(2)3/h10-12,14-15H,5-9H2,1-4H3. The molecule has 0 aliphatic heterocycles. The lowest BCUT2D eigenvalue weighted by Gasteiger charge is -2.45. The largest absolute Gasteiger partial charge is 0.387 e. The van der Waals surface area contributed by atoms with Crippen LogP contribution in [0.4, 0.5) is 0 Å². The van der Waals surface area contributed by atoms with Crippen LogP contribution in [0, 0.1) is 5.92 Å². The summed E-state index contributed by atoms with van der Waals surface area (Å²) in [5.41, 5.74) is -0.439. The zero-order valence-electron chi connectivity index (χ0n) is 11.1. The third-order valence-corrected chi connectivity index (χ3v) is 4.80. The molecule has 0 aromatic rings. The van der Waals surface area contributed by atoms with Gasteiger partial charge in [0, 0.05) is 17.8 Å². The number of hydrogen-bond acceptors (Lipinski definition) is 3. The Labute approximate surface area is 105 Å². The fourth-order valence-electron chi connectivity index (χ4n) is 2.38. The molecule has 0 radical (unpaired) electrons. The van der Waals surface area contributed by atoms with E-state index in [-0.39, 0.29) is 0 Å². The van der Waals surface area contributed by atoms with Crippen molar-refractivity contribution in [3.05, 3.63) is 0 Å². The highest BCUT2D eigenvalue weighted by Crippen LogP contribution is 2.40. The van der Waals surface area contributed by atoms with Crippen LogP contribution in [-0.2, 0) is 0 Å². The summed E-state index contributed by atoms with van der Waals surface area (Å²) >= 11 is 1.90. The van der Waals surface area contributed by atoms with Gasteiger partial charge in [-0.25, -0.2) is 0 Å². The molecule has 1 fully saturated rings. The fraction of sp³-hybridized carbons (Fsp3) is 1.00. The molecular formula is C13H27NOS. The first kappa shape index (κ1) is 14.3. The second-order valence-corrected chi connectivity index (χ2v) is 6.98. The van der Waals surface area contributed by atoms with Crippen molar-refractivity contribution in [2.75, 3.05) is 12.3 Å². The molecule has 1 aliphatic carbocycles. The van der Waals surface area contributed by atoms with E-state index in [1.54, 1.807) is 0 Å². The molecular weight excluding hydrogens is 218 g/mol. The predicted octanol–water partition coefficient (Wildman–Crippen LogP) is 2.66. The minimum atomic E-state index is -0.439. The summed E-state index contributed by atoms with van der Waals surface area (Å²) in [4.78, 5) is 0. The van der Waals surface area contributed by atoms with Gasteiger partial charge < -0.3 is 10.4 Å². The molecule has 0 bridgehead atoms. The fourth-order valence-corrected chi connectivity index (χ4v) is 3.58. The number of nitrogens with one attached hydrogen (secondary N) is 1. The Hall–Kier alpha value is 0.270. The molecule has 0 aromatic heterocycles. The smallest absolute Gasteiger partial charge is 0.0889 e. The van der Waals surface area contributed by atoms with Crippen LogP contribution in [0.25, 0.3) is 0 Å². The van der Waals surface area contributed by atoms with Crippen molar-refractivity contribution in [3.63, 3.8) is 0 Å². The van der Waals surface area contributed by atoms with Gasteiger partial charge in [-0.1, -0.05) is 20.8 Å². The molecule has 16 heavy (non-hydrogen) atoms.